The van der Waals surface area contributed by atoms with Crippen molar-refractivity contribution in [2.24, 2.45) is 5.92 Å². The first-order chi connectivity index (χ1) is 8.16. The van der Waals surface area contributed by atoms with Crippen molar-refractivity contribution in [1.82, 2.24) is 0 Å². The van der Waals surface area contributed by atoms with E-state index >= 15 is 0 Å². The topological polar surface area (TPSA) is 35.5 Å². The van der Waals surface area contributed by atoms with Crippen LogP contribution in [0.25, 0.3) is 0 Å². The summed E-state index contributed by atoms with van der Waals surface area (Å²) in [5, 5.41) is 0. The Morgan fingerprint density at radius 3 is 2.24 bits per heavy atom. The molecule has 100 valence electrons. The quantitative estimate of drug-likeness (QED) is 0.672. The van der Waals surface area contributed by atoms with E-state index in [9.17, 15) is 4.79 Å². The highest BCUT2D eigenvalue weighted by Gasteiger charge is 2.40. The first kappa shape index (κ1) is 14.7. The minimum atomic E-state index is -0.510. The Hall–Kier alpha value is -0.410. The summed E-state index contributed by atoms with van der Waals surface area (Å²) in [6.45, 7) is 2.64. The Balaban J connectivity index is 2.66. The van der Waals surface area contributed by atoms with Gasteiger partial charge in [0, 0.05) is 26.7 Å². The fourth-order valence-corrected chi connectivity index (χ4v) is 2.73. The summed E-state index contributed by atoms with van der Waals surface area (Å²) >= 11 is 0. The van der Waals surface area contributed by atoms with Gasteiger partial charge in [-0.2, -0.15) is 0 Å². The van der Waals surface area contributed by atoms with Gasteiger partial charge in [-0.25, -0.2) is 0 Å². The molecular formula is C14H26O3. The van der Waals surface area contributed by atoms with Crippen LogP contribution in [0.4, 0.5) is 0 Å². The van der Waals surface area contributed by atoms with Gasteiger partial charge in [0.1, 0.15) is 5.60 Å². The summed E-state index contributed by atoms with van der Waals surface area (Å²) in [5.41, 5.74) is -0.510. The number of carbonyl (C=O) groups excluding carboxylic acids is 1. The number of Topliss-reactive ketones (excluding diaryl/α,β-unsaturated/α-hetero) is 1. The third-order valence-corrected chi connectivity index (χ3v) is 3.95. The second kappa shape index (κ2) is 7.12. The summed E-state index contributed by atoms with van der Waals surface area (Å²) < 4.78 is 10.7. The minimum Gasteiger partial charge on any atom is -0.385 e. The van der Waals surface area contributed by atoms with Gasteiger partial charge in [0.05, 0.1) is 0 Å². The molecule has 0 aliphatic heterocycles. The Labute approximate surface area is 105 Å². The van der Waals surface area contributed by atoms with Crippen molar-refractivity contribution in [2.75, 3.05) is 20.8 Å². The highest BCUT2D eigenvalue weighted by molar-refractivity contribution is 5.89. The molecule has 0 bridgehead atoms. The molecule has 0 spiro atoms. The van der Waals surface area contributed by atoms with Crippen molar-refractivity contribution in [2.45, 2.75) is 57.5 Å². The van der Waals surface area contributed by atoms with Crippen molar-refractivity contribution in [1.29, 1.82) is 0 Å². The molecule has 1 aliphatic rings. The van der Waals surface area contributed by atoms with Crippen molar-refractivity contribution < 1.29 is 14.3 Å². The second-order valence-electron chi connectivity index (χ2n) is 5.16. The van der Waals surface area contributed by atoms with Crippen molar-refractivity contribution >= 4 is 5.78 Å². The Morgan fingerprint density at radius 2 is 1.76 bits per heavy atom. The van der Waals surface area contributed by atoms with Crippen LogP contribution in [0.1, 0.15) is 51.9 Å². The van der Waals surface area contributed by atoms with Gasteiger partial charge in [0.25, 0.3) is 0 Å². The van der Waals surface area contributed by atoms with E-state index in [1.807, 2.05) is 6.92 Å². The zero-order valence-corrected chi connectivity index (χ0v) is 11.5. The zero-order valence-electron chi connectivity index (χ0n) is 11.5. The molecule has 1 atom stereocenters. The van der Waals surface area contributed by atoms with Crippen LogP contribution in [-0.4, -0.2) is 32.2 Å². The summed E-state index contributed by atoms with van der Waals surface area (Å²) in [5.74, 6) is 0.312. The van der Waals surface area contributed by atoms with Crippen LogP contribution >= 0.6 is 0 Å². The van der Waals surface area contributed by atoms with Crippen LogP contribution < -0.4 is 0 Å². The Kier molecular flexibility index (Phi) is 6.14. The van der Waals surface area contributed by atoms with Crippen molar-refractivity contribution in [3.05, 3.63) is 0 Å². The van der Waals surface area contributed by atoms with Crippen LogP contribution in [0, 0.1) is 5.92 Å². The molecule has 0 aromatic rings. The largest absolute Gasteiger partial charge is 0.385 e. The number of rotatable bonds is 6. The number of carbonyl (C=O) groups is 1. The molecule has 17 heavy (non-hydrogen) atoms. The number of methoxy groups -OCH3 is 2. The number of ketones is 1. The summed E-state index contributed by atoms with van der Waals surface area (Å²) in [4.78, 5) is 12.5. The van der Waals surface area contributed by atoms with E-state index in [4.69, 9.17) is 9.47 Å². The number of hydrogen-bond donors (Lipinski definition) is 0. The highest BCUT2D eigenvalue weighted by atomic mass is 16.5. The molecule has 0 heterocycles. The normalized spacial score (nSPS) is 21.8. The lowest BCUT2D eigenvalue weighted by molar-refractivity contribution is -0.147. The lowest BCUT2D eigenvalue weighted by Crippen LogP contribution is -2.43. The van der Waals surface area contributed by atoms with Gasteiger partial charge in [-0.05, 0) is 19.3 Å². The van der Waals surface area contributed by atoms with Crippen LogP contribution in [0.5, 0.6) is 0 Å². The molecule has 0 saturated heterocycles. The maximum atomic E-state index is 12.5. The number of hydrogen-bond acceptors (Lipinski definition) is 3. The fraction of sp³-hybridized carbons (Fsp3) is 0.929. The van der Waals surface area contributed by atoms with Gasteiger partial charge in [0.2, 0.25) is 0 Å². The van der Waals surface area contributed by atoms with Crippen LogP contribution in [0.2, 0.25) is 0 Å². The predicted molar refractivity (Wildman–Crippen MR) is 68.1 cm³/mol. The van der Waals surface area contributed by atoms with Crippen LogP contribution in [0.15, 0.2) is 0 Å². The van der Waals surface area contributed by atoms with E-state index in [0.717, 1.165) is 32.1 Å². The fourth-order valence-electron chi connectivity index (χ4n) is 2.73. The maximum absolute atomic E-state index is 12.5. The monoisotopic (exact) mass is 242 g/mol. The zero-order chi connectivity index (χ0) is 12.7. The van der Waals surface area contributed by atoms with Gasteiger partial charge >= 0.3 is 0 Å². The van der Waals surface area contributed by atoms with E-state index in [1.54, 1.807) is 14.2 Å². The molecule has 1 saturated carbocycles. The molecule has 0 aromatic carbocycles. The lowest BCUT2D eigenvalue weighted by atomic mass is 9.82. The summed E-state index contributed by atoms with van der Waals surface area (Å²) in [6.07, 6.45) is 7.24. The summed E-state index contributed by atoms with van der Waals surface area (Å²) in [6, 6.07) is 0. The third-order valence-electron chi connectivity index (χ3n) is 3.95. The van der Waals surface area contributed by atoms with E-state index in [2.05, 4.69) is 0 Å². The molecule has 1 unspecified atom stereocenters. The molecule has 1 rings (SSSR count). The first-order valence-corrected chi connectivity index (χ1v) is 6.74. The molecule has 0 radical (unpaired) electrons. The molecule has 1 fully saturated rings. The SMILES string of the molecule is COCCC(C)C(=O)C1(OC)CCCCCC1. The maximum Gasteiger partial charge on any atom is 0.167 e. The molecule has 0 N–H and O–H groups in total. The molecule has 1 aliphatic carbocycles. The van der Waals surface area contributed by atoms with Gasteiger partial charge < -0.3 is 9.47 Å². The third kappa shape index (κ3) is 3.78. The first-order valence-electron chi connectivity index (χ1n) is 6.74. The van der Waals surface area contributed by atoms with E-state index in [0.29, 0.717) is 6.61 Å². The molecular weight excluding hydrogens is 216 g/mol. The standard InChI is InChI=1S/C14H26O3/c1-12(8-11-16-2)13(15)14(17-3)9-6-4-5-7-10-14/h12H,4-11H2,1-3H3. The molecule has 3 heteroatoms. The Morgan fingerprint density at radius 1 is 1.18 bits per heavy atom. The van der Waals surface area contributed by atoms with Gasteiger partial charge in [0.15, 0.2) is 5.78 Å². The van der Waals surface area contributed by atoms with Gasteiger partial charge in [-0.15, -0.1) is 0 Å². The lowest BCUT2D eigenvalue weighted by Gasteiger charge is -2.32. The van der Waals surface area contributed by atoms with Crippen molar-refractivity contribution in [3.8, 4) is 0 Å². The highest BCUT2D eigenvalue weighted by Crippen LogP contribution is 2.33. The van der Waals surface area contributed by atoms with Gasteiger partial charge in [-0.3, -0.25) is 4.79 Å². The van der Waals surface area contributed by atoms with Crippen LogP contribution in [0.3, 0.4) is 0 Å². The Bertz CT molecular complexity index is 230. The minimum absolute atomic E-state index is 0.0352. The molecule has 0 aromatic heterocycles. The average Bonchev–Trinajstić information content (AvgIpc) is 2.61. The summed E-state index contributed by atoms with van der Waals surface area (Å²) in [7, 11) is 3.36. The van der Waals surface area contributed by atoms with E-state index < -0.39 is 5.60 Å². The number of ether oxygens (including phenoxy) is 2. The van der Waals surface area contributed by atoms with E-state index in [1.165, 1.54) is 12.8 Å². The molecule has 3 nitrogen and oxygen atoms in total. The second-order valence-corrected chi connectivity index (χ2v) is 5.16. The van der Waals surface area contributed by atoms with Gasteiger partial charge in [-0.1, -0.05) is 32.6 Å². The van der Waals surface area contributed by atoms with E-state index in [-0.39, 0.29) is 11.7 Å². The molecule has 0 amide bonds. The van der Waals surface area contributed by atoms with Crippen molar-refractivity contribution in [3.63, 3.8) is 0 Å². The predicted octanol–water partition coefficient (Wildman–Crippen LogP) is 2.97. The smallest absolute Gasteiger partial charge is 0.167 e. The average molecular weight is 242 g/mol. The van der Waals surface area contributed by atoms with Crippen LogP contribution in [-0.2, 0) is 14.3 Å².